The SMILES string of the molecule is CNC1CCCN(Cc2cn(C)nc2-c2ccc([N+](=O)[O-])cc2)C1.Cl. The Bertz CT molecular complexity index is 716. The molecular weight excluding hydrogens is 342 g/mol. The third-order valence-electron chi connectivity index (χ3n) is 4.56. The van der Waals surface area contributed by atoms with Gasteiger partial charge in [-0.15, -0.1) is 12.4 Å². The van der Waals surface area contributed by atoms with Gasteiger partial charge in [-0.2, -0.15) is 5.10 Å². The first-order chi connectivity index (χ1) is 11.6. The molecular formula is C17H24ClN5O2. The van der Waals surface area contributed by atoms with Crippen molar-refractivity contribution in [3.8, 4) is 11.3 Å². The fourth-order valence-corrected chi connectivity index (χ4v) is 3.31. The first-order valence-electron chi connectivity index (χ1n) is 8.24. The Balaban J connectivity index is 0.00000225. The molecule has 1 aliphatic heterocycles. The van der Waals surface area contributed by atoms with Gasteiger partial charge in [-0.05, 0) is 38.6 Å². The summed E-state index contributed by atoms with van der Waals surface area (Å²) >= 11 is 0. The molecule has 1 N–H and O–H groups in total. The second kappa shape index (κ2) is 8.42. The number of rotatable bonds is 5. The fraction of sp³-hybridized carbons (Fsp3) is 0.471. The number of aromatic nitrogens is 2. The number of hydrogen-bond donors (Lipinski definition) is 1. The second-order valence-corrected chi connectivity index (χ2v) is 6.34. The molecule has 1 saturated heterocycles. The number of hydrogen-bond acceptors (Lipinski definition) is 5. The van der Waals surface area contributed by atoms with Crippen LogP contribution in [0.5, 0.6) is 0 Å². The summed E-state index contributed by atoms with van der Waals surface area (Å²) in [4.78, 5) is 12.9. The largest absolute Gasteiger partial charge is 0.316 e. The smallest absolute Gasteiger partial charge is 0.269 e. The van der Waals surface area contributed by atoms with E-state index in [2.05, 4.69) is 15.3 Å². The highest BCUT2D eigenvalue weighted by molar-refractivity contribution is 5.85. The van der Waals surface area contributed by atoms with E-state index in [-0.39, 0.29) is 23.0 Å². The van der Waals surface area contributed by atoms with Gasteiger partial charge in [0.05, 0.1) is 10.6 Å². The van der Waals surface area contributed by atoms with Crippen LogP contribution in [0.4, 0.5) is 5.69 Å². The first kappa shape index (κ1) is 19.4. The molecule has 1 unspecified atom stereocenters. The Morgan fingerprint density at radius 2 is 2.08 bits per heavy atom. The summed E-state index contributed by atoms with van der Waals surface area (Å²) in [6, 6.07) is 7.16. The zero-order chi connectivity index (χ0) is 17.1. The molecule has 0 aliphatic carbocycles. The molecule has 1 aliphatic rings. The van der Waals surface area contributed by atoms with Crippen molar-refractivity contribution in [1.29, 1.82) is 0 Å². The standard InChI is InChI=1S/C17H23N5O2.ClH/c1-18-15-4-3-9-21(12-15)11-14-10-20(2)19-17(14)13-5-7-16(8-6-13)22(23)24;/h5-8,10,15,18H,3-4,9,11-12H2,1-2H3;1H. The van der Waals surface area contributed by atoms with Gasteiger partial charge in [0.25, 0.3) is 5.69 Å². The number of benzene rings is 1. The van der Waals surface area contributed by atoms with Gasteiger partial charge in [0.2, 0.25) is 0 Å². The van der Waals surface area contributed by atoms with Crippen LogP contribution in [0.2, 0.25) is 0 Å². The Kier molecular flexibility index (Phi) is 6.52. The molecule has 25 heavy (non-hydrogen) atoms. The molecule has 0 spiro atoms. The van der Waals surface area contributed by atoms with E-state index >= 15 is 0 Å². The number of nitrogens with zero attached hydrogens (tertiary/aromatic N) is 4. The van der Waals surface area contributed by atoms with E-state index in [0.29, 0.717) is 6.04 Å². The molecule has 0 bridgehead atoms. The molecule has 3 rings (SSSR count). The zero-order valence-corrected chi connectivity index (χ0v) is 15.3. The number of piperidine rings is 1. The number of halogens is 1. The lowest BCUT2D eigenvalue weighted by molar-refractivity contribution is -0.384. The summed E-state index contributed by atoms with van der Waals surface area (Å²) in [6.07, 6.45) is 4.45. The predicted octanol–water partition coefficient (Wildman–Crippen LogP) is 2.60. The molecule has 1 aromatic carbocycles. The van der Waals surface area contributed by atoms with Crippen LogP contribution in [-0.4, -0.2) is 45.8 Å². The maximum Gasteiger partial charge on any atom is 0.269 e. The van der Waals surface area contributed by atoms with Crippen molar-refractivity contribution in [3.63, 3.8) is 0 Å². The number of likely N-dealkylation sites (N-methyl/N-ethyl adjacent to an activating group) is 1. The van der Waals surface area contributed by atoms with Crippen LogP contribution in [0.15, 0.2) is 30.5 Å². The van der Waals surface area contributed by atoms with Crippen LogP contribution in [0.1, 0.15) is 18.4 Å². The van der Waals surface area contributed by atoms with E-state index in [1.807, 2.05) is 25.0 Å². The van der Waals surface area contributed by atoms with Crippen LogP contribution < -0.4 is 5.32 Å². The molecule has 1 atom stereocenters. The van der Waals surface area contributed by atoms with Crippen LogP contribution >= 0.6 is 12.4 Å². The molecule has 1 aromatic heterocycles. The van der Waals surface area contributed by atoms with Crippen molar-refractivity contribution in [2.75, 3.05) is 20.1 Å². The van der Waals surface area contributed by atoms with Crippen molar-refractivity contribution in [3.05, 3.63) is 46.1 Å². The summed E-state index contributed by atoms with van der Waals surface area (Å²) in [5.74, 6) is 0. The number of nitro benzene ring substituents is 1. The maximum absolute atomic E-state index is 10.8. The summed E-state index contributed by atoms with van der Waals surface area (Å²) < 4.78 is 1.81. The highest BCUT2D eigenvalue weighted by atomic mass is 35.5. The minimum absolute atomic E-state index is 0. The summed E-state index contributed by atoms with van der Waals surface area (Å²) in [5.41, 5.74) is 3.07. The summed E-state index contributed by atoms with van der Waals surface area (Å²) in [6.45, 7) is 2.97. The highest BCUT2D eigenvalue weighted by Gasteiger charge is 2.21. The summed E-state index contributed by atoms with van der Waals surface area (Å²) in [7, 11) is 3.92. The van der Waals surface area contributed by atoms with Crippen LogP contribution in [-0.2, 0) is 13.6 Å². The molecule has 1 fully saturated rings. The van der Waals surface area contributed by atoms with Crippen molar-refractivity contribution >= 4 is 18.1 Å². The second-order valence-electron chi connectivity index (χ2n) is 6.34. The molecule has 7 nitrogen and oxygen atoms in total. The third-order valence-corrected chi connectivity index (χ3v) is 4.56. The monoisotopic (exact) mass is 365 g/mol. The molecule has 0 radical (unpaired) electrons. The Morgan fingerprint density at radius 3 is 2.72 bits per heavy atom. The number of nitrogens with one attached hydrogen (secondary N) is 1. The van der Waals surface area contributed by atoms with Crippen LogP contribution in [0.25, 0.3) is 11.3 Å². The normalized spacial score (nSPS) is 17.9. The highest BCUT2D eigenvalue weighted by Crippen LogP contribution is 2.26. The van der Waals surface area contributed by atoms with E-state index in [0.717, 1.165) is 36.5 Å². The van der Waals surface area contributed by atoms with Gasteiger partial charge in [0.15, 0.2) is 0 Å². The van der Waals surface area contributed by atoms with Gasteiger partial charge >= 0.3 is 0 Å². The van der Waals surface area contributed by atoms with E-state index in [4.69, 9.17) is 0 Å². The maximum atomic E-state index is 10.8. The van der Waals surface area contributed by atoms with E-state index in [1.165, 1.54) is 25.0 Å². The molecule has 2 heterocycles. The van der Waals surface area contributed by atoms with Crippen molar-refractivity contribution in [1.82, 2.24) is 20.0 Å². The first-order valence-corrected chi connectivity index (χ1v) is 8.24. The van der Waals surface area contributed by atoms with Gasteiger partial charge in [0.1, 0.15) is 0 Å². The van der Waals surface area contributed by atoms with E-state index in [9.17, 15) is 10.1 Å². The molecule has 0 amide bonds. The van der Waals surface area contributed by atoms with Crippen LogP contribution in [0.3, 0.4) is 0 Å². The number of likely N-dealkylation sites (tertiary alicyclic amines) is 1. The molecule has 2 aromatic rings. The van der Waals surface area contributed by atoms with Gasteiger partial charge in [-0.3, -0.25) is 19.7 Å². The van der Waals surface area contributed by atoms with Gasteiger partial charge in [0, 0.05) is 55.6 Å². The van der Waals surface area contributed by atoms with Gasteiger partial charge < -0.3 is 5.32 Å². The number of non-ortho nitro benzene ring substituents is 1. The predicted molar refractivity (Wildman–Crippen MR) is 99.9 cm³/mol. The minimum Gasteiger partial charge on any atom is -0.316 e. The summed E-state index contributed by atoms with van der Waals surface area (Å²) in [5, 5.41) is 18.7. The average Bonchev–Trinajstić information content (AvgIpc) is 2.95. The Labute approximate surface area is 153 Å². The lowest BCUT2D eigenvalue weighted by Gasteiger charge is -2.32. The lowest BCUT2D eigenvalue weighted by Crippen LogP contribution is -2.43. The van der Waals surface area contributed by atoms with Crippen molar-refractivity contribution in [2.45, 2.75) is 25.4 Å². The van der Waals surface area contributed by atoms with E-state index < -0.39 is 0 Å². The number of nitro groups is 1. The van der Waals surface area contributed by atoms with E-state index in [1.54, 1.807) is 12.1 Å². The minimum atomic E-state index is -0.380. The quantitative estimate of drug-likeness (QED) is 0.651. The Morgan fingerprint density at radius 1 is 1.36 bits per heavy atom. The molecule has 0 saturated carbocycles. The number of aryl methyl sites for hydroxylation is 1. The van der Waals surface area contributed by atoms with Gasteiger partial charge in [-0.1, -0.05) is 0 Å². The third kappa shape index (κ3) is 4.56. The average molecular weight is 366 g/mol. The fourth-order valence-electron chi connectivity index (χ4n) is 3.31. The Hall–Kier alpha value is -1.96. The van der Waals surface area contributed by atoms with Crippen LogP contribution in [0, 0.1) is 10.1 Å². The van der Waals surface area contributed by atoms with Crippen molar-refractivity contribution in [2.24, 2.45) is 7.05 Å². The van der Waals surface area contributed by atoms with Crippen molar-refractivity contribution < 1.29 is 4.92 Å². The molecule has 136 valence electrons. The zero-order valence-electron chi connectivity index (χ0n) is 14.5. The topological polar surface area (TPSA) is 76.2 Å². The van der Waals surface area contributed by atoms with Gasteiger partial charge in [-0.25, -0.2) is 0 Å². The lowest BCUT2D eigenvalue weighted by atomic mass is 10.0. The molecule has 8 heteroatoms.